The van der Waals surface area contributed by atoms with Crippen LogP contribution in [0, 0.1) is 0 Å². The normalized spacial score (nSPS) is 31.9. The van der Waals surface area contributed by atoms with Crippen LogP contribution in [0.25, 0.3) is 0 Å². The van der Waals surface area contributed by atoms with Crippen molar-refractivity contribution in [1.82, 2.24) is 4.90 Å². The first-order valence-corrected chi connectivity index (χ1v) is 6.96. The van der Waals surface area contributed by atoms with Gasteiger partial charge in [-0.1, -0.05) is 6.07 Å². The van der Waals surface area contributed by atoms with E-state index in [0.717, 1.165) is 12.8 Å². The molecule has 2 aliphatic rings. The highest BCUT2D eigenvalue weighted by atomic mass is 32.1. The molecule has 3 heterocycles. The van der Waals surface area contributed by atoms with Crippen LogP contribution >= 0.6 is 11.3 Å². The van der Waals surface area contributed by atoms with Crippen molar-refractivity contribution in [1.29, 1.82) is 0 Å². The molecule has 3 rings (SSSR count). The van der Waals surface area contributed by atoms with Crippen molar-refractivity contribution >= 4 is 17.1 Å². The summed E-state index contributed by atoms with van der Waals surface area (Å²) in [6.45, 7) is 2.28. The first-order valence-electron chi connectivity index (χ1n) is 6.08. The Labute approximate surface area is 100 Å². The third-order valence-electron chi connectivity index (χ3n) is 4.01. The zero-order chi connectivity index (χ0) is 11.1. The van der Waals surface area contributed by atoms with E-state index in [-0.39, 0.29) is 0 Å². The fourth-order valence-corrected chi connectivity index (χ4v) is 4.10. The monoisotopic (exact) mass is 235 g/mol. The Balaban J connectivity index is 1.83. The zero-order valence-electron chi connectivity index (χ0n) is 9.56. The summed E-state index contributed by atoms with van der Waals surface area (Å²) >= 11 is 1.83. The molecule has 1 aromatic rings. The topological polar surface area (TPSA) is 20.3 Å². The molecule has 0 saturated carbocycles. The highest BCUT2D eigenvalue weighted by molar-refractivity contribution is 7.10. The summed E-state index contributed by atoms with van der Waals surface area (Å²) in [6.07, 6.45) is 4.00. The highest BCUT2D eigenvalue weighted by Crippen LogP contribution is 2.40. The quantitative estimate of drug-likeness (QED) is 0.785. The van der Waals surface area contributed by atoms with E-state index in [2.05, 4.69) is 29.3 Å². The van der Waals surface area contributed by atoms with E-state index < -0.39 is 0 Å². The molecule has 0 aliphatic carbocycles. The van der Waals surface area contributed by atoms with Crippen LogP contribution in [0.1, 0.15) is 43.5 Å². The third-order valence-corrected chi connectivity index (χ3v) is 5.05. The van der Waals surface area contributed by atoms with Crippen molar-refractivity contribution in [2.45, 2.75) is 50.7 Å². The molecule has 0 amide bonds. The van der Waals surface area contributed by atoms with E-state index in [4.69, 9.17) is 0 Å². The Morgan fingerprint density at radius 1 is 1.38 bits per heavy atom. The predicted molar refractivity (Wildman–Crippen MR) is 65.6 cm³/mol. The van der Waals surface area contributed by atoms with Crippen LogP contribution in [0.15, 0.2) is 17.5 Å². The largest absolute Gasteiger partial charge is 0.300 e. The first-order chi connectivity index (χ1) is 7.75. The summed E-state index contributed by atoms with van der Waals surface area (Å²) in [6, 6.07) is 5.86. The van der Waals surface area contributed by atoms with Gasteiger partial charge in [-0.3, -0.25) is 9.69 Å². The molecular weight excluding hydrogens is 218 g/mol. The maximum Gasteiger partial charge on any atom is 0.136 e. The lowest BCUT2D eigenvalue weighted by Gasteiger charge is -2.38. The van der Waals surface area contributed by atoms with Crippen LogP contribution in [0.2, 0.25) is 0 Å². The summed E-state index contributed by atoms with van der Waals surface area (Å²) in [5.41, 5.74) is 0. The van der Waals surface area contributed by atoms with Gasteiger partial charge in [0, 0.05) is 35.8 Å². The fourth-order valence-electron chi connectivity index (χ4n) is 3.31. The van der Waals surface area contributed by atoms with Crippen molar-refractivity contribution in [3.63, 3.8) is 0 Å². The number of hydrogen-bond donors (Lipinski definition) is 0. The van der Waals surface area contributed by atoms with Gasteiger partial charge < -0.3 is 0 Å². The van der Waals surface area contributed by atoms with Crippen LogP contribution in [0.4, 0.5) is 0 Å². The number of Topliss-reactive ketones (excluding diaryl/α,β-unsaturated/α-hetero) is 1. The molecule has 0 radical (unpaired) electrons. The molecule has 2 nitrogen and oxygen atoms in total. The van der Waals surface area contributed by atoms with Gasteiger partial charge in [0.2, 0.25) is 0 Å². The number of thiophene rings is 1. The molecular formula is C13H17NOS. The average Bonchev–Trinajstić information content (AvgIpc) is 2.85. The van der Waals surface area contributed by atoms with E-state index in [9.17, 15) is 4.79 Å². The Kier molecular flexibility index (Phi) is 2.60. The van der Waals surface area contributed by atoms with E-state index in [1.807, 2.05) is 11.3 Å². The number of ketones is 1. The Hall–Kier alpha value is -0.670. The van der Waals surface area contributed by atoms with E-state index in [0.29, 0.717) is 23.9 Å². The molecule has 86 valence electrons. The molecule has 3 unspecified atom stereocenters. The fraction of sp³-hybridized carbons (Fsp3) is 0.615. The van der Waals surface area contributed by atoms with Crippen LogP contribution < -0.4 is 0 Å². The van der Waals surface area contributed by atoms with Gasteiger partial charge in [-0.15, -0.1) is 11.3 Å². The van der Waals surface area contributed by atoms with Crippen LogP contribution in [-0.4, -0.2) is 22.8 Å². The Morgan fingerprint density at radius 2 is 2.06 bits per heavy atom. The van der Waals surface area contributed by atoms with Crippen molar-refractivity contribution in [2.75, 3.05) is 0 Å². The molecule has 16 heavy (non-hydrogen) atoms. The summed E-state index contributed by atoms with van der Waals surface area (Å²) in [4.78, 5) is 15.6. The second-order valence-corrected chi connectivity index (χ2v) is 5.95. The standard InChI is InChI=1S/C13H17NOS/c1-9(13-3-2-6-16-13)14-10-4-5-11(14)8-12(15)7-10/h2-3,6,9-11H,4-5,7-8H2,1H3. The SMILES string of the molecule is CC(c1cccs1)N1C2CCC1CC(=O)C2. The molecule has 2 saturated heterocycles. The maximum atomic E-state index is 11.6. The van der Waals surface area contributed by atoms with Gasteiger partial charge in [0.15, 0.2) is 0 Å². The van der Waals surface area contributed by atoms with Gasteiger partial charge in [-0.2, -0.15) is 0 Å². The summed E-state index contributed by atoms with van der Waals surface area (Å²) in [5.74, 6) is 0.474. The van der Waals surface area contributed by atoms with Crippen molar-refractivity contribution in [3.05, 3.63) is 22.4 Å². The number of fused-ring (bicyclic) bond motifs is 2. The summed E-state index contributed by atoms with van der Waals surface area (Å²) in [5, 5.41) is 2.14. The van der Waals surface area contributed by atoms with Gasteiger partial charge in [0.1, 0.15) is 5.78 Å². The van der Waals surface area contributed by atoms with Gasteiger partial charge in [0.05, 0.1) is 0 Å². The molecule has 3 heteroatoms. The van der Waals surface area contributed by atoms with E-state index >= 15 is 0 Å². The Morgan fingerprint density at radius 3 is 2.62 bits per heavy atom. The van der Waals surface area contributed by atoms with Gasteiger partial charge >= 0.3 is 0 Å². The van der Waals surface area contributed by atoms with Gasteiger partial charge in [0.25, 0.3) is 0 Å². The number of nitrogens with zero attached hydrogens (tertiary/aromatic N) is 1. The number of rotatable bonds is 2. The third kappa shape index (κ3) is 1.62. The summed E-state index contributed by atoms with van der Waals surface area (Å²) < 4.78 is 0. The first kappa shape index (κ1) is 10.5. The molecule has 0 spiro atoms. The average molecular weight is 235 g/mol. The van der Waals surface area contributed by atoms with Crippen LogP contribution in [0.3, 0.4) is 0 Å². The second kappa shape index (κ2) is 3.97. The lowest BCUT2D eigenvalue weighted by atomic mass is 9.99. The Bertz CT molecular complexity index is 371. The number of carbonyl (C=O) groups is 1. The number of carbonyl (C=O) groups excluding carboxylic acids is 1. The molecule has 2 fully saturated rings. The zero-order valence-corrected chi connectivity index (χ0v) is 10.4. The number of piperidine rings is 1. The van der Waals surface area contributed by atoms with Gasteiger partial charge in [-0.25, -0.2) is 0 Å². The van der Waals surface area contributed by atoms with Crippen molar-refractivity contribution in [3.8, 4) is 0 Å². The minimum atomic E-state index is 0.474. The molecule has 1 aromatic heterocycles. The smallest absolute Gasteiger partial charge is 0.136 e. The minimum Gasteiger partial charge on any atom is -0.300 e. The number of hydrogen-bond acceptors (Lipinski definition) is 3. The van der Waals surface area contributed by atoms with Crippen molar-refractivity contribution < 1.29 is 4.79 Å². The molecule has 2 bridgehead atoms. The lowest BCUT2D eigenvalue weighted by molar-refractivity contribution is -0.124. The molecule has 3 atom stereocenters. The van der Waals surface area contributed by atoms with E-state index in [1.54, 1.807) is 0 Å². The minimum absolute atomic E-state index is 0.474. The summed E-state index contributed by atoms with van der Waals surface area (Å²) in [7, 11) is 0. The second-order valence-electron chi connectivity index (χ2n) is 4.97. The molecule has 0 N–H and O–H groups in total. The van der Waals surface area contributed by atoms with Crippen molar-refractivity contribution in [2.24, 2.45) is 0 Å². The lowest BCUT2D eigenvalue weighted by Crippen LogP contribution is -2.44. The highest BCUT2D eigenvalue weighted by Gasteiger charge is 2.42. The predicted octanol–water partition coefficient (Wildman–Crippen LogP) is 3.01. The van der Waals surface area contributed by atoms with Gasteiger partial charge in [-0.05, 0) is 31.2 Å². The molecule has 0 aromatic carbocycles. The maximum absolute atomic E-state index is 11.6. The van der Waals surface area contributed by atoms with Crippen LogP contribution in [-0.2, 0) is 4.79 Å². The van der Waals surface area contributed by atoms with E-state index in [1.165, 1.54) is 17.7 Å². The molecule has 2 aliphatic heterocycles. The van der Waals surface area contributed by atoms with Crippen LogP contribution in [0.5, 0.6) is 0 Å².